The molecule has 0 fully saturated rings. The van der Waals surface area contributed by atoms with Crippen LogP contribution in [0.4, 0.5) is 15.5 Å². The van der Waals surface area contributed by atoms with Crippen LogP contribution in [0.25, 0.3) is 0 Å². The minimum atomic E-state index is -0.494. The lowest BCUT2D eigenvalue weighted by Gasteiger charge is -2.13. The second kappa shape index (κ2) is 10.4. The lowest BCUT2D eigenvalue weighted by atomic mass is 10.3. The molecular formula is C16H29N5O4. The highest BCUT2D eigenvalue weighted by molar-refractivity contribution is 5.67. The summed E-state index contributed by atoms with van der Waals surface area (Å²) in [6.45, 7) is 5.08. The minimum absolute atomic E-state index is 0.00645. The molecule has 0 atom stereocenters. The molecule has 0 unspecified atom stereocenters. The van der Waals surface area contributed by atoms with Crippen LogP contribution in [0.5, 0.6) is 0 Å². The van der Waals surface area contributed by atoms with Gasteiger partial charge < -0.3 is 29.6 Å². The van der Waals surface area contributed by atoms with Gasteiger partial charge in [0.05, 0.1) is 5.69 Å². The molecule has 2 N–H and O–H groups in total. The molecule has 0 saturated carbocycles. The standard InChI is InChI=1S/C16H29N5O4/c1-6-8-17-15(22)24-10-12-13(11-25-16(23)18-9-7-2)21(5)14(19-12)20(3)4/h6-11H2,1-5H3,(H,17,22)(H,18,23). The zero-order valence-electron chi connectivity index (χ0n) is 15.7. The fraction of sp³-hybridized carbons (Fsp3) is 0.688. The molecule has 0 aliphatic carbocycles. The fourth-order valence-electron chi connectivity index (χ4n) is 2.09. The zero-order chi connectivity index (χ0) is 18.8. The van der Waals surface area contributed by atoms with Crippen LogP contribution in [0.3, 0.4) is 0 Å². The first-order valence-corrected chi connectivity index (χ1v) is 8.43. The second-order valence-electron chi connectivity index (χ2n) is 5.76. The Hall–Kier alpha value is -2.45. The Kier molecular flexibility index (Phi) is 8.59. The molecule has 0 spiro atoms. The predicted molar refractivity (Wildman–Crippen MR) is 94.5 cm³/mol. The Bertz CT molecular complexity index is 571. The molecule has 0 radical (unpaired) electrons. The van der Waals surface area contributed by atoms with Gasteiger partial charge in [-0.15, -0.1) is 0 Å². The van der Waals surface area contributed by atoms with Gasteiger partial charge in [-0.3, -0.25) is 0 Å². The van der Waals surface area contributed by atoms with Gasteiger partial charge in [-0.25, -0.2) is 14.6 Å². The summed E-state index contributed by atoms with van der Waals surface area (Å²) < 4.78 is 12.2. The number of nitrogens with zero attached hydrogens (tertiary/aromatic N) is 3. The van der Waals surface area contributed by atoms with Crippen LogP contribution in [0, 0.1) is 0 Å². The van der Waals surface area contributed by atoms with Gasteiger partial charge in [-0.2, -0.15) is 0 Å². The third-order valence-electron chi connectivity index (χ3n) is 3.39. The van der Waals surface area contributed by atoms with Crippen molar-refractivity contribution in [2.24, 2.45) is 7.05 Å². The van der Waals surface area contributed by atoms with Crippen molar-refractivity contribution in [3.63, 3.8) is 0 Å². The summed E-state index contributed by atoms with van der Waals surface area (Å²) in [5.74, 6) is 0.681. The van der Waals surface area contributed by atoms with Crippen LogP contribution in [0.1, 0.15) is 38.1 Å². The molecule has 25 heavy (non-hydrogen) atoms. The minimum Gasteiger partial charge on any atom is -0.443 e. The molecule has 1 heterocycles. The summed E-state index contributed by atoms with van der Waals surface area (Å²) in [6.07, 6.45) is 0.681. The average Bonchev–Trinajstić information content (AvgIpc) is 2.90. The van der Waals surface area contributed by atoms with Gasteiger partial charge in [0.2, 0.25) is 5.95 Å². The first-order valence-electron chi connectivity index (χ1n) is 8.43. The molecule has 0 aliphatic heterocycles. The van der Waals surface area contributed by atoms with Crippen molar-refractivity contribution < 1.29 is 19.1 Å². The zero-order valence-corrected chi connectivity index (χ0v) is 15.7. The van der Waals surface area contributed by atoms with Crippen molar-refractivity contribution in [3.8, 4) is 0 Å². The summed E-state index contributed by atoms with van der Waals surface area (Å²) in [5, 5.41) is 5.29. The number of hydrogen-bond acceptors (Lipinski definition) is 6. The van der Waals surface area contributed by atoms with E-state index in [1.54, 1.807) is 0 Å². The average molecular weight is 355 g/mol. The molecule has 0 aromatic carbocycles. The van der Waals surface area contributed by atoms with Crippen LogP contribution in [0.2, 0.25) is 0 Å². The number of anilines is 1. The normalized spacial score (nSPS) is 10.3. The Labute approximate surface area is 148 Å². The van der Waals surface area contributed by atoms with Crippen molar-refractivity contribution in [2.45, 2.75) is 39.9 Å². The third-order valence-corrected chi connectivity index (χ3v) is 3.39. The molecule has 0 aliphatic rings. The molecule has 0 bridgehead atoms. The number of hydrogen-bond donors (Lipinski definition) is 2. The number of ether oxygens (including phenoxy) is 2. The largest absolute Gasteiger partial charge is 0.443 e. The summed E-state index contributed by atoms with van der Waals surface area (Å²) in [6, 6.07) is 0. The van der Waals surface area contributed by atoms with Gasteiger partial charge in [0.1, 0.15) is 18.9 Å². The predicted octanol–water partition coefficient (Wildman–Crippen LogP) is 1.76. The molecule has 2 amide bonds. The molecule has 9 nitrogen and oxygen atoms in total. The molecule has 1 aromatic rings. The van der Waals surface area contributed by atoms with Crippen LogP contribution in [0.15, 0.2) is 0 Å². The van der Waals surface area contributed by atoms with E-state index >= 15 is 0 Å². The summed E-state index contributed by atoms with van der Waals surface area (Å²) in [4.78, 5) is 29.6. The van der Waals surface area contributed by atoms with E-state index in [-0.39, 0.29) is 13.2 Å². The molecule has 1 rings (SSSR count). The van der Waals surface area contributed by atoms with E-state index in [0.29, 0.717) is 30.4 Å². The maximum absolute atomic E-state index is 11.7. The van der Waals surface area contributed by atoms with Gasteiger partial charge in [0.15, 0.2) is 0 Å². The highest BCUT2D eigenvalue weighted by atomic mass is 16.6. The Morgan fingerprint density at radius 1 is 1.04 bits per heavy atom. The van der Waals surface area contributed by atoms with E-state index in [4.69, 9.17) is 9.47 Å². The quantitative estimate of drug-likeness (QED) is 0.700. The van der Waals surface area contributed by atoms with Gasteiger partial charge >= 0.3 is 12.2 Å². The molecular weight excluding hydrogens is 326 g/mol. The van der Waals surface area contributed by atoms with E-state index in [2.05, 4.69) is 15.6 Å². The van der Waals surface area contributed by atoms with Gasteiger partial charge in [-0.1, -0.05) is 13.8 Å². The van der Waals surface area contributed by atoms with E-state index in [1.807, 2.05) is 44.5 Å². The number of aromatic nitrogens is 2. The first-order chi connectivity index (χ1) is 11.9. The second-order valence-corrected chi connectivity index (χ2v) is 5.76. The first kappa shape index (κ1) is 20.6. The third kappa shape index (κ3) is 6.52. The molecule has 0 saturated heterocycles. The van der Waals surface area contributed by atoms with Crippen molar-refractivity contribution in [3.05, 3.63) is 11.4 Å². The van der Waals surface area contributed by atoms with Crippen molar-refractivity contribution in [1.29, 1.82) is 0 Å². The number of imidazole rings is 1. The maximum atomic E-state index is 11.7. The van der Waals surface area contributed by atoms with Gasteiger partial charge in [-0.05, 0) is 12.8 Å². The van der Waals surface area contributed by atoms with Crippen LogP contribution in [-0.4, -0.2) is 48.9 Å². The number of rotatable bonds is 9. The fourth-order valence-corrected chi connectivity index (χ4v) is 2.09. The number of nitrogens with one attached hydrogen (secondary N) is 2. The molecule has 142 valence electrons. The van der Waals surface area contributed by atoms with Crippen LogP contribution < -0.4 is 15.5 Å². The number of amides is 2. The van der Waals surface area contributed by atoms with Gasteiger partial charge in [0, 0.05) is 34.2 Å². The topological polar surface area (TPSA) is 97.7 Å². The molecule has 9 heteroatoms. The Morgan fingerprint density at radius 2 is 1.56 bits per heavy atom. The van der Waals surface area contributed by atoms with Gasteiger partial charge in [0.25, 0.3) is 0 Å². The van der Waals surface area contributed by atoms with Crippen LogP contribution in [-0.2, 0) is 29.7 Å². The van der Waals surface area contributed by atoms with Crippen molar-refractivity contribution in [2.75, 3.05) is 32.1 Å². The Balaban J connectivity index is 2.79. The van der Waals surface area contributed by atoms with Crippen molar-refractivity contribution >= 4 is 18.1 Å². The number of alkyl carbamates (subject to hydrolysis) is 2. The Morgan fingerprint density at radius 3 is 2.04 bits per heavy atom. The smallest absolute Gasteiger partial charge is 0.407 e. The van der Waals surface area contributed by atoms with Crippen LogP contribution >= 0.6 is 0 Å². The summed E-state index contributed by atoms with van der Waals surface area (Å²) >= 11 is 0. The van der Waals surface area contributed by atoms with E-state index in [1.165, 1.54) is 0 Å². The highest BCUT2D eigenvalue weighted by Crippen LogP contribution is 2.18. The lowest BCUT2D eigenvalue weighted by molar-refractivity contribution is 0.129. The van der Waals surface area contributed by atoms with Crippen molar-refractivity contribution in [1.82, 2.24) is 20.2 Å². The van der Waals surface area contributed by atoms with E-state index in [0.717, 1.165) is 12.8 Å². The molecule has 1 aromatic heterocycles. The SMILES string of the molecule is CCCNC(=O)OCc1nc(N(C)C)n(C)c1COC(=O)NCCC. The highest BCUT2D eigenvalue weighted by Gasteiger charge is 2.19. The lowest BCUT2D eigenvalue weighted by Crippen LogP contribution is -2.26. The maximum Gasteiger partial charge on any atom is 0.407 e. The summed E-state index contributed by atoms with van der Waals surface area (Å²) in [5.41, 5.74) is 1.24. The summed E-state index contributed by atoms with van der Waals surface area (Å²) in [7, 11) is 5.55. The number of carbonyl (C=O) groups excluding carboxylic acids is 2. The van der Waals surface area contributed by atoms with E-state index in [9.17, 15) is 9.59 Å². The van der Waals surface area contributed by atoms with E-state index < -0.39 is 12.2 Å². The monoisotopic (exact) mass is 355 g/mol. The number of carbonyl (C=O) groups is 2.